The molecule has 0 amide bonds. The number of aromatic nitrogens is 2. The molecule has 1 atom stereocenters. The van der Waals surface area contributed by atoms with Crippen LogP contribution in [0.1, 0.15) is 17.2 Å². The van der Waals surface area contributed by atoms with E-state index in [-0.39, 0.29) is 6.04 Å². The van der Waals surface area contributed by atoms with E-state index in [0.29, 0.717) is 10.8 Å². The Balaban J connectivity index is 2.43. The van der Waals surface area contributed by atoms with Gasteiger partial charge in [-0.05, 0) is 29.8 Å². The van der Waals surface area contributed by atoms with Crippen molar-refractivity contribution >= 4 is 11.6 Å². The van der Waals surface area contributed by atoms with Gasteiger partial charge in [-0.2, -0.15) is 10.2 Å². The Hall–Kier alpha value is -1.65. The van der Waals surface area contributed by atoms with Crippen molar-refractivity contribution in [1.82, 2.24) is 10.2 Å². The van der Waals surface area contributed by atoms with Gasteiger partial charge in [0.1, 0.15) is 5.75 Å². The van der Waals surface area contributed by atoms with Crippen molar-refractivity contribution in [2.24, 2.45) is 5.73 Å². The standard InChI is InChI=1S/C12H12ClN3O/c1-17-11-3-2-9(13)6-10(11)12(14)8-4-5-15-16-7-8/h2-7,12H,14H2,1H3. The Morgan fingerprint density at radius 3 is 2.76 bits per heavy atom. The molecule has 4 nitrogen and oxygen atoms in total. The second-order valence-corrected chi connectivity index (χ2v) is 3.98. The molecule has 88 valence electrons. The van der Waals surface area contributed by atoms with Gasteiger partial charge in [0.15, 0.2) is 0 Å². The molecule has 1 aromatic carbocycles. The van der Waals surface area contributed by atoms with E-state index in [0.717, 1.165) is 11.1 Å². The van der Waals surface area contributed by atoms with Crippen LogP contribution in [-0.2, 0) is 0 Å². The first kappa shape index (κ1) is 11.8. The average Bonchev–Trinajstić information content (AvgIpc) is 2.39. The summed E-state index contributed by atoms with van der Waals surface area (Å²) < 4.78 is 5.27. The molecule has 0 saturated carbocycles. The number of nitrogens with zero attached hydrogens (tertiary/aromatic N) is 2. The molecule has 0 radical (unpaired) electrons. The van der Waals surface area contributed by atoms with Gasteiger partial charge in [-0.25, -0.2) is 0 Å². The van der Waals surface area contributed by atoms with Gasteiger partial charge < -0.3 is 10.5 Å². The lowest BCUT2D eigenvalue weighted by molar-refractivity contribution is 0.408. The molecule has 17 heavy (non-hydrogen) atoms. The smallest absolute Gasteiger partial charge is 0.124 e. The van der Waals surface area contributed by atoms with Gasteiger partial charge in [0.05, 0.1) is 19.3 Å². The highest BCUT2D eigenvalue weighted by Gasteiger charge is 2.14. The lowest BCUT2D eigenvalue weighted by atomic mass is 10.0. The lowest BCUT2D eigenvalue weighted by Crippen LogP contribution is -2.13. The molecule has 5 heteroatoms. The monoisotopic (exact) mass is 249 g/mol. The fraction of sp³-hybridized carbons (Fsp3) is 0.167. The van der Waals surface area contributed by atoms with Crippen molar-refractivity contribution in [3.8, 4) is 5.75 Å². The molecule has 0 aliphatic heterocycles. The quantitative estimate of drug-likeness (QED) is 0.906. The van der Waals surface area contributed by atoms with E-state index in [1.165, 1.54) is 0 Å². The minimum atomic E-state index is -0.334. The first-order chi connectivity index (χ1) is 8.22. The van der Waals surface area contributed by atoms with E-state index in [2.05, 4.69) is 10.2 Å². The van der Waals surface area contributed by atoms with Crippen LogP contribution < -0.4 is 10.5 Å². The third-order valence-electron chi connectivity index (χ3n) is 2.49. The molecule has 1 unspecified atom stereocenters. The van der Waals surface area contributed by atoms with Gasteiger partial charge in [0, 0.05) is 16.8 Å². The number of methoxy groups -OCH3 is 1. The minimum absolute atomic E-state index is 0.334. The molecule has 0 bridgehead atoms. The molecule has 1 heterocycles. The highest BCUT2D eigenvalue weighted by Crippen LogP contribution is 2.30. The Morgan fingerprint density at radius 1 is 1.29 bits per heavy atom. The maximum absolute atomic E-state index is 6.16. The van der Waals surface area contributed by atoms with Gasteiger partial charge in [-0.3, -0.25) is 0 Å². The zero-order valence-corrected chi connectivity index (χ0v) is 10.1. The number of hydrogen-bond donors (Lipinski definition) is 1. The summed E-state index contributed by atoms with van der Waals surface area (Å²) in [5.74, 6) is 0.707. The molecule has 2 aromatic rings. The number of hydrogen-bond acceptors (Lipinski definition) is 4. The highest BCUT2D eigenvalue weighted by atomic mass is 35.5. The van der Waals surface area contributed by atoms with Gasteiger partial charge in [0.2, 0.25) is 0 Å². The van der Waals surface area contributed by atoms with E-state index in [9.17, 15) is 0 Å². The largest absolute Gasteiger partial charge is 0.496 e. The Kier molecular flexibility index (Phi) is 3.56. The number of rotatable bonds is 3. The van der Waals surface area contributed by atoms with Crippen LogP contribution in [0.2, 0.25) is 5.02 Å². The van der Waals surface area contributed by atoms with Crippen LogP contribution in [0, 0.1) is 0 Å². The second kappa shape index (κ2) is 5.12. The third kappa shape index (κ3) is 2.54. The number of ether oxygens (including phenoxy) is 1. The molecular weight excluding hydrogens is 238 g/mol. The SMILES string of the molecule is COc1ccc(Cl)cc1C(N)c1ccnnc1. The molecule has 0 fully saturated rings. The topological polar surface area (TPSA) is 61.0 Å². The van der Waals surface area contributed by atoms with Crippen LogP contribution in [0.4, 0.5) is 0 Å². The van der Waals surface area contributed by atoms with E-state index in [1.807, 2.05) is 6.07 Å². The lowest BCUT2D eigenvalue weighted by Gasteiger charge is -2.15. The molecule has 2 rings (SSSR count). The predicted octanol–water partition coefficient (Wildman–Crippen LogP) is 2.19. The van der Waals surface area contributed by atoms with Crippen LogP contribution in [0.5, 0.6) is 5.75 Å². The van der Waals surface area contributed by atoms with Crippen molar-refractivity contribution in [2.75, 3.05) is 7.11 Å². The highest BCUT2D eigenvalue weighted by molar-refractivity contribution is 6.30. The summed E-state index contributed by atoms with van der Waals surface area (Å²) in [5, 5.41) is 8.15. The predicted molar refractivity (Wildman–Crippen MR) is 66.1 cm³/mol. The van der Waals surface area contributed by atoms with Crippen molar-refractivity contribution in [2.45, 2.75) is 6.04 Å². The van der Waals surface area contributed by atoms with Crippen LogP contribution in [0.25, 0.3) is 0 Å². The van der Waals surface area contributed by atoms with Crippen molar-refractivity contribution in [3.05, 3.63) is 52.8 Å². The van der Waals surface area contributed by atoms with Crippen LogP contribution in [0.3, 0.4) is 0 Å². The van der Waals surface area contributed by atoms with Crippen LogP contribution in [0.15, 0.2) is 36.7 Å². The zero-order chi connectivity index (χ0) is 12.3. The molecule has 0 saturated heterocycles. The van der Waals surface area contributed by atoms with Crippen molar-refractivity contribution < 1.29 is 4.74 Å². The molecule has 1 aromatic heterocycles. The number of benzene rings is 1. The Bertz CT molecular complexity index is 504. The summed E-state index contributed by atoms with van der Waals surface area (Å²) in [5.41, 5.74) is 7.84. The fourth-order valence-corrected chi connectivity index (χ4v) is 1.79. The Labute approximate surface area is 104 Å². The van der Waals surface area contributed by atoms with Crippen molar-refractivity contribution in [3.63, 3.8) is 0 Å². The normalized spacial score (nSPS) is 12.2. The molecule has 0 aliphatic carbocycles. The zero-order valence-electron chi connectivity index (χ0n) is 9.30. The van der Waals surface area contributed by atoms with Gasteiger partial charge in [-0.1, -0.05) is 11.6 Å². The molecular formula is C12H12ClN3O. The first-order valence-corrected chi connectivity index (χ1v) is 5.46. The summed E-state index contributed by atoms with van der Waals surface area (Å²) in [7, 11) is 1.60. The van der Waals surface area contributed by atoms with E-state index < -0.39 is 0 Å². The molecule has 0 aliphatic rings. The summed E-state index contributed by atoms with van der Waals surface area (Å²) in [6.07, 6.45) is 3.23. The van der Waals surface area contributed by atoms with Gasteiger partial charge in [0.25, 0.3) is 0 Å². The summed E-state index contributed by atoms with van der Waals surface area (Å²) >= 11 is 5.97. The van der Waals surface area contributed by atoms with Crippen molar-refractivity contribution in [1.29, 1.82) is 0 Å². The maximum Gasteiger partial charge on any atom is 0.124 e. The summed E-state index contributed by atoms with van der Waals surface area (Å²) in [4.78, 5) is 0. The maximum atomic E-state index is 6.16. The minimum Gasteiger partial charge on any atom is -0.496 e. The molecule has 0 spiro atoms. The average molecular weight is 250 g/mol. The summed E-state index contributed by atoms with van der Waals surface area (Å²) in [6, 6.07) is 6.84. The van der Waals surface area contributed by atoms with E-state index in [4.69, 9.17) is 22.1 Å². The number of halogens is 1. The fourth-order valence-electron chi connectivity index (χ4n) is 1.61. The van der Waals surface area contributed by atoms with Crippen LogP contribution in [-0.4, -0.2) is 17.3 Å². The first-order valence-electron chi connectivity index (χ1n) is 5.08. The van der Waals surface area contributed by atoms with E-state index in [1.54, 1.807) is 37.7 Å². The van der Waals surface area contributed by atoms with E-state index >= 15 is 0 Å². The van der Waals surface area contributed by atoms with Crippen LogP contribution >= 0.6 is 11.6 Å². The third-order valence-corrected chi connectivity index (χ3v) is 2.73. The van der Waals surface area contributed by atoms with Gasteiger partial charge >= 0.3 is 0 Å². The summed E-state index contributed by atoms with van der Waals surface area (Å²) in [6.45, 7) is 0. The second-order valence-electron chi connectivity index (χ2n) is 3.54. The number of nitrogens with two attached hydrogens (primary N) is 1. The Morgan fingerprint density at radius 2 is 2.12 bits per heavy atom. The van der Waals surface area contributed by atoms with Gasteiger partial charge in [-0.15, -0.1) is 0 Å². The molecule has 2 N–H and O–H groups in total.